The van der Waals surface area contributed by atoms with Gasteiger partial charge in [-0.1, -0.05) is 23.4 Å². The summed E-state index contributed by atoms with van der Waals surface area (Å²) in [5.74, 6) is -0.123. The predicted molar refractivity (Wildman–Crippen MR) is 114 cm³/mol. The normalized spacial score (nSPS) is 16.0. The Morgan fingerprint density at radius 1 is 1.17 bits per heavy atom. The van der Waals surface area contributed by atoms with Gasteiger partial charge in [-0.05, 0) is 49.2 Å². The molecule has 1 saturated heterocycles. The fourth-order valence-electron chi connectivity index (χ4n) is 3.22. The van der Waals surface area contributed by atoms with Crippen molar-refractivity contribution in [1.82, 2.24) is 10.1 Å². The number of carbonyl (C=O) groups excluding carboxylic acids is 2. The minimum atomic E-state index is -0.627. The van der Waals surface area contributed by atoms with Crippen molar-refractivity contribution in [2.24, 2.45) is 0 Å². The Morgan fingerprint density at radius 2 is 1.97 bits per heavy atom. The first-order chi connectivity index (χ1) is 14.4. The van der Waals surface area contributed by atoms with Gasteiger partial charge in [0, 0.05) is 17.5 Å². The molecule has 0 radical (unpaired) electrons. The second kappa shape index (κ2) is 8.31. The Kier molecular flexibility index (Phi) is 5.59. The third-order valence-corrected chi connectivity index (χ3v) is 6.10. The predicted octanol–water partition coefficient (Wildman–Crippen LogP) is 4.25. The van der Waals surface area contributed by atoms with Crippen LogP contribution in [0.5, 0.6) is 0 Å². The lowest BCUT2D eigenvalue weighted by Gasteiger charge is -2.22. The summed E-state index contributed by atoms with van der Waals surface area (Å²) < 4.78 is 19.2. The number of anilines is 1. The van der Waals surface area contributed by atoms with Crippen LogP contribution >= 0.6 is 11.8 Å². The number of hydrogen-bond donors (Lipinski definition) is 1. The zero-order chi connectivity index (χ0) is 21.3. The highest BCUT2D eigenvalue weighted by molar-refractivity contribution is 7.99. The van der Waals surface area contributed by atoms with Gasteiger partial charge in [-0.2, -0.15) is 0 Å². The lowest BCUT2D eigenvalue weighted by molar-refractivity contribution is -0.119. The second-order valence-corrected chi connectivity index (χ2v) is 8.13. The Hall–Kier alpha value is -3.13. The molecule has 30 heavy (non-hydrogen) atoms. The number of nitrogens with zero attached hydrogens (tertiary/aromatic N) is 2. The molecule has 154 valence electrons. The van der Waals surface area contributed by atoms with E-state index in [2.05, 4.69) is 10.5 Å². The topological polar surface area (TPSA) is 75.4 Å². The van der Waals surface area contributed by atoms with Gasteiger partial charge in [0.25, 0.3) is 5.91 Å². The van der Waals surface area contributed by atoms with Gasteiger partial charge in [0.05, 0.1) is 11.4 Å². The van der Waals surface area contributed by atoms with E-state index in [0.29, 0.717) is 17.3 Å². The van der Waals surface area contributed by atoms with Crippen LogP contribution in [0, 0.1) is 19.7 Å². The Labute approximate surface area is 177 Å². The molecule has 2 amide bonds. The van der Waals surface area contributed by atoms with Crippen LogP contribution in [-0.4, -0.2) is 39.5 Å². The van der Waals surface area contributed by atoms with Crippen molar-refractivity contribution in [1.29, 1.82) is 0 Å². The van der Waals surface area contributed by atoms with E-state index in [1.807, 2.05) is 32.0 Å². The molecular formula is C22H20FN3O3S. The van der Waals surface area contributed by atoms with E-state index >= 15 is 0 Å². The van der Waals surface area contributed by atoms with E-state index in [1.165, 1.54) is 28.8 Å². The van der Waals surface area contributed by atoms with E-state index in [-0.39, 0.29) is 22.9 Å². The molecular weight excluding hydrogens is 405 g/mol. The number of halogens is 1. The molecule has 1 atom stereocenters. The Balaban J connectivity index is 1.50. The van der Waals surface area contributed by atoms with Gasteiger partial charge >= 0.3 is 0 Å². The average Bonchev–Trinajstić information content (AvgIpc) is 3.40. The van der Waals surface area contributed by atoms with Gasteiger partial charge < -0.3 is 14.7 Å². The van der Waals surface area contributed by atoms with Crippen LogP contribution in [0.4, 0.5) is 10.1 Å². The zero-order valence-electron chi connectivity index (χ0n) is 16.5. The number of nitrogens with one attached hydrogen (secondary N) is 1. The summed E-state index contributed by atoms with van der Waals surface area (Å²) in [6, 6.07) is 12.6. The largest absolute Gasteiger partial charge is 0.355 e. The van der Waals surface area contributed by atoms with Gasteiger partial charge in [0.15, 0.2) is 11.5 Å². The van der Waals surface area contributed by atoms with Crippen molar-refractivity contribution >= 4 is 29.3 Å². The monoisotopic (exact) mass is 425 g/mol. The quantitative estimate of drug-likeness (QED) is 0.676. The molecule has 1 fully saturated rings. The van der Waals surface area contributed by atoms with Crippen LogP contribution in [0.25, 0.3) is 11.3 Å². The third kappa shape index (κ3) is 3.95. The highest BCUT2D eigenvalue weighted by Crippen LogP contribution is 2.27. The second-order valence-electron chi connectivity index (χ2n) is 7.14. The number of hydrogen-bond acceptors (Lipinski definition) is 5. The molecule has 4 rings (SSSR count). The first-order valence-corrected chi connectivity index (χ1v) is 10.6. The molecule has 1 unspecified atom stereocenters. The lowest BCUT2D eigenvalue weighted by atomic mass is 10.1. The van der Waals surface area contributed by atoms with Gasteiger partial charge in [-0.25, -0.2) is 4.39 Å². The van der Waals surface area contributed by atoms with Crippen molar-refractivity contribution < 1.29 is 18.5 Å². The van der Waals surface area contributed by atoms with Crippen LogP contribution in [0.15, 0.2) is 53.1 Å². The molecule has 1 N–H and O–H groups in total. The number of carbonyl (C=O) groups is 2. The summed E-state index contributed by atoms with van der Waals surface area (Å²) in [6.07, 6.45) is 0. The molecule has 0 aliphatic carbocycles. The zero-order valence-corrected chi connectivity index (χ0v) is 17.3. The lowest BCUT2D eigenvalue weighted by Crippen LogP contribution is -2.44. The average molecular weight is 425 g/mol. The SMILES string of the molecule is Cc1ccc(NC(=O)C2CSCN2C(=O)c2cc(-c3ccccc3F)on2)cc1C. The van der Waals surface area contributed by atoms with Crippen molar-refractivity contribution in [2.45, 2.75) is 19.9 Å². The van der Waals surface area contributed by atoms with E-state index in [1.54, 1.807) is 18.2 Å². The molecule has 3 aromatic rings. The minimum Gasteiger partial charge on any atom is -0.355 e. The summed E-state index contributed by atoms with van der Waals surface area (Å²) in [6.45, 7) is 3.98. The smallest absolute Gasteiger partial charge is 0.277 e. The molecule has 1 aromatic heterocycles. The number of thioether (sulfide) groups is 1. The van der Waals surface area contributed by atoms with E-state index in [0.717, 1.165) is 11.1 Å². The summed E-state index contributed by atoms with van der Waals surface area (Å²) >= 11 is 1.49. The summed E-state index contributed by atoms with van der Waals surface area (Å²) in [5, 5.41) is 6.69. The first kappa shape index (κ1) is 20.2. The molecule has 0 saturated carbocycles. The van der Waals surface area contributed by atoms with Gasteiger partial charge in [0.2, 0.25) is 5.91 Å². The van der Waals surface area contributed by atoms with Crippen LogP contribution < -0.4 is 5.32 Å². The molecule has 0 bridgehead atoms. The highest BCUT2D eigenvalue weighted by Gasteiger charge is 2.36. The third-order valence-electron chi connectivity index (χ3n) is 5.09. The molecule has 6 nitrogen and oxygen atoms in total. The minimum absolute atomic E-state index is 0.0414. The Morgan fingerprint density at radius 3 is 2.73 bits per heavy atom. The Bertz CT molecular complexity index is 1110. The van der Waals surface area contributed by atoms with E-state index in [4.69, 9.17) is 4.52 Å². The number of benzene rings is 2. The summed E-state index contributed by atoms with van der Waals surface area (Å²) in [7, 11) is 0. The molecule has 1 aliphatic heterocycles. The van der Waals surface area contributed by atoms with Crippen LogP contribution in [0.1, 0.15) is 21.6 Å². The van der Waals surface area contributed by atoms with Crippen molar-refractivity contribution in [3.63, 3.8) is 0 Å². The standard InChI is InChI=1S/C22H20FN3O3S/c1-13-7-8-15(9-14(13)2)24-21(27)19-11-30-12-26(19)22(28)18-10-20(29-25-18)16-5-3-4-6-17(16)23/h3-10,19H,11-12H2,1-2H3,(H,24,27). The molecule has 8 heteroatoms. The molecule has 2 aromatic carbocycles. The van der Waals surface area contributed by atoms with Crippen molar-refractivity contribution in [3.8, 4) is 11.3 Å². The first-order valence-electron chi connectivity index (χ1n) is 9.42. The maximum absolute atomic E-state index is 14.0. The maximum atomic E-state index is 14.0. The molecule has 2 heterocycles. The van der Waals surface area contributed by atoms with E-state index in [9.17, 15) is 14.0 Å². The van der Waals surface area contributed by atoms with Gasteiger partial charge in [-0.15, -0.1) is 11.8 Å². The van der Waals surface area contributed by atoms with Crippen LogP contribution in [-0.2, 0) is 4.79 Å². The summed E-state index contributed by atoms with van der Waals surface area (Å²) in [4.78, 5) is 27.2. The highest BCUT2D eigenvalue weighted by atomic mass is 32.2. The number of aryl methyl sites for hydroxylation is 2. The van der Waals surface area contributed by atoms with Crippen LogP contribution in [0.3, 0.4) is 0 Å². The number of amides is 2. The fourth-order valence-corrected chi connectivity index (χ4v) is 4.37. The molecule has 0 spiro atoms. The van der Waals surface area contributed by atoms with Crippen LogP contribution in [0.2, 0.25) is 0 Å². The van der Waals surface area contributed by atoms with Crippen molar-refractivity contribution in [2.75, 3.05) is 16.9 Å². The maximum Gasteiger partial charge on any atom is 0.277 e. The molecule has 1 aliphatic rings. The van der Waals surface area contributed by atoms with Gasteiger partial charge in [0.1, 0.15) is 11.9 Å². The van der Waals surface area contributed by atoms with E-state index < -0.39 is 17.8 Å². The number of aromatic nitrogens is 1. The van der Waals surface area contributed by atoms with Gasteiger partial charge in [-0.3, -0.25) is 9.59 Å². The van der Waals surface area contributed by atoms with Crippen molar-refractivity contribution in [3.05, 3.63) is 71.2 Å². The number of rotatable bonds is 4. The summed E-state index contributed by atoms with van der Waals surface area (Å²) in [5.41, 5.74) is 3.17. The fraction of sp³-hybridized carbons (Fsp3) is 0.227.